The summed E-state index contributed by atoms with van der Waals surface area (Å²) in [6.07, 6.45) is 1.43. The number of halogens is 1. The highest BCUT2D eigenvalue weighted by Gasteiger charge is 2.26. The summed E-state index contributed by atoms with van der Waals surface area (Å²) in [6.45, 7) is 1.53. The van der Waals surface area contributed by atoms with Gasteiger partial charge in [-0.1, -0.05) is 0 Å². The van der Waals surface area contributed by atoms with Crippen molar-refractivity contribution >= 4 is 67.5 Å². The van der Waals surface area contributed by atoms with Gasteiger partial charge in [0.25, 0.3) is 11.8 Å². The Hall–Kier alpha value is -2.48. The Morgan fingerprint density at radius 3 is 2.54 bits per heavy atom. The first kappa shape index (κ1) is 19.8. The fourth-order valence-corrected chi connectivity index (χ4v) is 4.46. The summed E-state index contributed by atoms with van der Waals surface area (Å²) in [7, 11) is 1.18. The topological polar surface area (TPSA) is 122 Å². The van der Waals surface area contributed by atoms with Crippen LogP contribution in [0.25, 0.3) is 6.08 Å². The summed E-state index contributed by atoms with van der Waals surface area (Å²) in [5.74, 6) is -2.15. The summed E-state index contributed by atoms with van der Waals surface area (Å²) in [6, 6.07) is 5.37. The van der Waals surface area contributed by atoms with Gasteiger partial charge in [-0.2, -0.15) is 5.26 Å². The van der Waals surface area contributed by atoms with E-state index < -0.39 is 17.8 Å². The summed E-state index contributed by atoms with van der Waals surface area (Å²) >= 11 is 5.51. The molecule has 2 rings (SSSR count). The maximum Gasteiger partial charge on any atom is 0.341 e. The lowest BCUT2D eigenvalue weighted by Gasteiger charge is -2.05. The highest BCUT2D eigenvalue weighted by atomic mass is 79.9. The molecule has 7 nitrogen and oxygen atoms in total. The van der Waals surface area contributed by atoms with Gasteiger partial charge in [0.2, 0.25) is 0 Å². The lowest BCUT2D eigenvalue weighted by atomic mass is 10.1. The molecule has 0 fully saturated rings. The molecule has 2 aromatic heterocycles. The number of rotatable bonds is 5. The van der Waals surface area contributed by atoms with Crippen LogP contribution < -0.4 is 11.1 Å². The maximum absolute atomic E-state index is 12.4. The molecule has 2 heterocycles. The number of esters is 1. The van der Waals surface area contributed by atoms with Gasteiger partial charge in [0.15, 0.2) is 0 Å². The van der Waals surface area contributed by atoms with Crippen LogP contribution in [0.2, 0.25) is 0 Å². The van der Waals surface area contributed by atoms with E-state index in [1.807, 2.05) is 6.07 Å². The number of nitrogens with zero attached hydrogens (tertiary/aromatic N) is 1. The molecule has 10 heteroatoms. The molecular weight excluding hydrogens is 442 g/mol. The van der Waals surface area contributed by atoms with Gasteiger partial charge in [-0.15, -0.1) is 22.7 Å². The molecule has 0 aliphatic rings. The fourth-order valence-electron chi connectivity index (χ4n) is 2.05. The first-order valence-electron chi connectivity index (χ1n) is 6.98. The number of nitrogens with one attached hydrogen (secondary N) is 1. The summed E-state index contributed by atoms with van der Waals surface area (Å²) in [5.41, 5.74) is 5.50. The van der Waals surface area contributed by atoms with Crippen LogP contribution in [0.1, 0.15) is 30.5 Å². The standard InChI is InChI=1S/C16H12BrN3O4S2/c1-7-11(16(23)24-2)15(26-12(7)13(19)21)20-14(22)8(6-18)5-9-3-4-10(17)25-9/h3-5H,1-2H3,(H2,19,21)(H,20,22). The third kappa shape index (κ3) is 4.19. The van der Waals surface area contributed by atoms with E-state index in [0.717, 1.165) is 15.1 Å². The van der Waals surface area contributed by atoms with Crippen molar-refractivity contribution in [3.05, 3.63) is 42.4 Å². The number of carbonyl (C=O) groups is 3. The van der Waals surface area contributed by atoms with Crippen molar-refractivity contribution in [3.63, 3.8) is 0 Å². The van der Waals surface area contributed by atoms with Crippen LogP contribution >= 0.6 is 38.6 Å². The van der Waals surface area contributed by atoms with Gasteiger partial charge in [-0.05, 0) is 46.6 Å². The number of ether oxygens (including phenoxy) is 1. The third-order valence-electron chi connectivity index (χ3n) is 3.23. The average Bonchev–Trinajstić information content (AvgIpc) is 3.15. The molecule has 2 amide bonds. The smallest absolute Gasteiger partial charge is 0.341 e. The van der Waals surface area contributed by atoms with Crippen molar-refractivity contribution in [1.82, 2.24) is 0 Å². The highest BCUT2D eigenvalue weighted by Crippen LogP contribution is 2.34. The average molecular weight is 454 g/mol. The molecule has 0 aliphatic heterocycles. The van der Waals surface area contributed by atoms with Gasteiger partial charge in [-0.3, -0.25) is 9.59 Å². The molecule has 0 atom stereocenters. The number of nitriles is 1. The van der Waals surface area contributed by atoms with E-state index in [2.05, 4.69) is 21.2 Å². The predicted octanol–water partition coefficient (Wildman–Crippen LogP) is 3.31. The highest BCUT2D eigenvalue weighted by molar-refractivity contribution is 9.11. The Morgan fingerprint density at radius 1 is 1.35 bits per heavy atom. The number of amides is 2. The molecule has 0 unspecified atom stereocenters. The quantitative estimate of drug-likeness (QED) is 0.408. The fraction of sp³-hybridized carbons (Fsp3) is 0.125. The van der Waals surface area contributed by atoms with Crippen LogP contribution in [0.5, 0.6) is 0 Å². The second kappa shape index (κ2) is 8.27. The second-order valence-corrected chi connectivity index (χ2v) is 8.40. The zero-order chi connectivity index (χ0) is 19.4. The van der Waals surface area contributed by atoms with E-state index in [4.69, 9.17) is 10.5 Å². The van der Waals surface area contributed by atoms with Gasteiger partial charge in [0, 0.05) is 4.88 Å². The molecule has 134 valence electrons. The van der Waals surface area contributed by atoms with Crippen molar-refractivity contribution in [2.75, 3.05) is 12.4 Å². The Kier molecular flexibility index (Phi) is 6.31. The number of methoxy groups -OCH3 is 1. The van der Waals surface area contributed by atoms with E-state index in [1.54, 1.807) is 12.1 Å². The van der Waals surface area contributed by atoms with Crippen LogP contribution in [0, 0.1) is 18.3 Å². The van der Waals surface area contributed by atoms with Gasteiger partial charge in [0.1, 0.15) is 16.6 Å². The number of carbonyl (C=O) groups excluding carboxylic acids is 3. The minimum absolute atomic E-state index is 0.0378. The minimum atomic E-state index is -0.724. The van der Waals surface area contributed by atoms with Crippen molar-refractivity contribution in [2.24, 2.45) is 5.73 Å². The molecular formula is C16H12BrN3O4S2. The van der Waals surface area contributed by atoms with E-state index in [1.165, 1.54) is 31.4 Å². The van der Waals surface area contributed by atoms with Crippen molar-refractivity contribution in [2.45, 2.75) is 6.92 Å². The van der Waals surface area contributed by atoms with Gasteiger partial charge < -0.3 is 15.8 Å². The van der Waals surface area contributed by atoms with E-state index >= 15 is 0 Å². The van der Waals surface area contributed by atoms with E-state index in [9.17, 15) is 19.6 Å². The first-order valence-corrected chi connectivity index (χ1v) is 9.41. The van der Waals surface area contributed by atoms with Gasteiger partial charge in [0.05, 0.1) is 21.3 Å². The van der Waals surface area contributed by atoms with Crippen molar-refractivity contribution in [3.8, 4) is 6.07 Å². The Labute approximate surface area is 165 Å². The first-order chi connectivity index (χ1) is 12.3. The number of thiophene rings is 2. The third-order valence-corrected chi connectivity index (χ3v) is 6.03. The molecule has 0 saturated carbocycles. The maximum atomic E-state index is 12.4. The normalized spacial score (nSPS) is 10.9. The van der Waals surface area contributed by atoms with Crippen LogP contribution in [0.15, 0.2) is 21.5 Å². The van der Waals surface area contributed by atoms with Crippen LogP contribution in [0.4, 0.5) is 5.00 Å². The van der Waals surface area contributed by atoms with Crippen molar-refractivity contribution < 1.29 is 19.1 Å². The molecule has 0 saturated heterocycles. The monoisotopic (exact) mass is 453 g/mol. The second-order valence-electron chi connectivity index (χ2n) is 4.88. The number of hydrogen-bond donors (Lipinski definition) is 2. The van der Waals surface area contributed by atoms with E-state index in [-0.39, 0.29) is 21.0 Å². The minimum Gasteiger partial charge on any atom is -0.465 e. The molecule has 0 radical (unpaired) electrons. The number of hydrogen-bond acceptors (Lipinski definition) is 7. The molecule has 0 aliphatic carbocycles. The zero-order valence-corrected chi connectivity index (χ0v) is 16.8. The van der Waals surface area contributed by atoms with Crippen LogP contribution in [-0.4, -0.2) is 24.9 Å². The van der Waals surface area contributed by atoms with Crippen LogP contribution in [-0.2, 0) is 9.53 Å². The van der Waals surface area contributed by atoms with Crippen LogP contribution in [0.3, 0.4) is 0 Å². The summed E-state index contributed by atoms with van der Waals surface area (Å²) in [5, 5.41) is 11.9. The lowest BCUT2D eigenvalue weighted by Crippen LogP contribution is -2.15. The summed E-state index contributed by atoms with van der Waals surface area (Å²) < 4.78 is 5.55. The van der Waals surface area contributed by atoms with Gasteiger partial charge >= 0.3 is 5.97 Å². The molecule has 26 heavy (non-hydrogen) atoms. The summed E-state index contributed by atoms with van der Waals surface area (Å²) in [4.78, 5) is 36.8. The zero-order valence-electron chi connectivity index (χ0n) is 13.6. The van der Waals surface area contributed by atoms with E-state index in [0.29, 0.717) is 10.4 Å². The number of primary amides is 1. The molecule has 0 spiro atoms. The molecule has 0 aromatic carbocycles. The molecule has 2 aromatic rings. The van der Waals surface area contributed by atoms with Crippen molar-refractivity contribution in [1.29, 1.82) is 5.26 Å². The molecule has 3 N–H and O–H groups in total. The predicted molar refractivity (Wildman–Crippen MR) is 103 cm³/mol. The Balaban J connectivity index is 2.40. The molecule has 0 bridgehead atoms. The Morgan fingerprint density at radius 2 is 2.04 bits per heavy atom. The number of nitrogens with two attached hydrogens (primary N) is 1. The largest absolute Gasteiger partial charge is 0.465 e. The SMILES string of the molecule is COC(=O)c1c(NC(=O)C(C#N)=Cc2ccc(Br)s2)sc(C(N)=O)c1C. The van der Waals surface area contributed by atoms with Gasteiger partial charge in [-0.25, -0.2) is 4.79 Å². The lowest BCUT2D eigenvalue weighted by molar-refractivity contribution is -0.112. The Bertz CT molecular complexity index is 969. The number of anilines is 1.